The third-order valence-corrected chi connectivity index (χ3v) is 4.19. The lowest BCUT2D eigenvalue weighted by Gasteiger charge is -2.40. The summed E-state index contributed by atoms with van der Waals surface area (Å²) in [5.74, 6) is 0. The van der Waals surface area contributed by atoms with Crippen molar-refractivity contribution in [2.45, 2.75) is 30.8 Å². The van der Waals surface area contributed by atoms with Crippen molar-refractivity contribution in [3.8, 4) is 0 Å². The molecule has 0 unspecified atom stereocenters. The third kappa shape index (κ3) is 1.18. The summed E-state index contributed by atoms with van der Waals surface area (Å²) in [6.07, 6.45) is 4.26. The minimum absolute atomic E-state index is 0.211. The SMILES string of the molecule is CN1CCC2(CC1)c1ccnn1C[C@H]2N. The van der Waals surface area contributed by atoms with E-state index < -0.39 is 0 Å². The molecule has 0 radical (unpaired) electrons. The second kappa shape index (κ2) is 3.06. The normalized spacial score (nSPS) is 29.6. The van der Waals surface area contributed by atoms with Crippen molar-refractivity contribution in [1.82, 2.24) is 14.7 Å². The van der Waals surface area contributed by atoms with Crippen molar-refractivity contribution >= 4 is 0 Å². The number of likely N-dealkylation sites (tertiary alicyclic amines) is 1. The Morgan fingerprint density at radius 1 is 1.47 bits per heavy atom. The van der Waals surface area contributed by atoms with E-state index >= 15 is 0 Å². The largest absolute Gasteiger partial charge is 0.325 e. The molecular weight excluding hydrogens is 188 g/mol. The van der Waals surface area contributed by atoms with Gasteiger partial charge in [0.05, 0.1) is 6.54 Å². The molecule has 0 bridgehead atoms. The highest BCUT2D eigenvalue weighted by molar-refractivity contribution is 5.25. The summed E-state index contributed by atoms with van der Waals surface area (Å²) in [4.78, 5) is 2.39. The van der Waals surface area contributed by atoms with E-state index in [-0.39, 0.29) is 11.5 Å². The van der Waals surface area contributed by atoms with Gasteiger partial charge in [0.15, 0.2) is 0 Å². The summed E-state index contributed by atoms with van der Waals surface area (Å²) in [5, 5.41) is 4.34. The van der Waals surface area contributed by atoms with Gasteiger partial charge in [0.2, 0.25) is 0 Å². The Morgan fingerprint density at radius 2 is 2.20 bits per heavy atom. The zero-order chi connectivity index (χ0) is 10.5. The summed E-state index contributed by atoms with van der Waals surface area (Å²) in [5.41, 5.74) is 7.88. The van der Waals surface area contributed by atoms with Gasteiger partial charge in [-0.2, -0.15) is 5.10 Å². The molecule has 0 aromatic carbocycles. The van der Waals surface area contributed by atoms with E-state index in [9.17, 15) is 0 Å². The quantitative estimate of drug-likeness (QED) is 0.659. The Bertz CT molecular complexity index is 362. The van der Waals surface area contributed by atoms with Gasteiger partial charge in [0, 0.05) is 23.3 Å². The maximum Gasteiger partial charge on any atom is 0.0573 e. The lowest BCUT2D eigenvalue weighted by atomic mass is 9.72. The van der Waals surface area contributed by atoms with Crippen LogP contribution >= 0.6 is 0 Å². The van der Waals surface area contributed by atoms with Gasteiger partial charge in [-0.25, -0.2) is 0 Å². The predicted molar refractivity (Wildman–Crippen MR) is 58.6 cm³/mol. The minimum Gasteiger partial charge on any atom is -0.325 e. The molecule has 2 aliphatic heterocycles. The molecule has 0 amide bonds. The van der Waals surface area contributed by atoms with Gasteiger partial charge < -0.3 is 10.6 Å². The van der Waals surface area contributed by atoms with Gasteiger partial charge in [-0.05, 0) is 39.0 Å². The van der Waals surface area contributed by atoms with Crippen LogP contribution in [0, 0.1) is 0 Å². The predicted octanol–water partition coefficient (Wildman–Crippen LogP) is 0.187. The number of rotatable bonds is 0. The molecule has 2 aliphatic rings. The molecule has 2 N–H and O–H groups in total. The lowest BCUT2D eigenvalue weighted by molar-refractivity contribution is 0.172. The van der Waals surface area contributed by atoms with E-state index in [0.717, 1.165) is 19.6 Å². The van der Waals surface area contributed by atoms with Crippen molar-refractivity contribution in [2.24, 2.45) is 5.73 Å². The molecule has 15 heavy (non-hydrogen) atoms. The van der Waals surface area contributed by atoms with Crippen molar-refractivity contribution in [1.29, 1.82) is 0 Å². The molecule has 1 saturated heterocycles. The molecule has 82 valence electrons. The molecule has 1 fully saturated rings. The van der Waals surface area contributed by atoms with Crippen LogP contribution in [-0.2, 0) is 12.0 Å². The van der Waals surface area contributed by atoms with Crippen LogP contribution in [0.25, 0.3) is 0 Å². The van der Waals surface area contributed by atoms with Gasteiger partial charge in [0.1, 0.15) is 0 Å². The zero-order valence-corrected chi connectivity index (χ0v) is 9.19. The molecule has 0 saturated carbocycles. The molecule has 1 aromatic heterocycles. The maximum absolute atomic E-state index is 6.31. The first-order chi connectivity index (χ1) is 7.22. The van der Waals surface area contributed by atoms with Gasteiger partial charge >= 0.3 is 0 Å². The van der Waals surface area contributed by atoms with Gasteiger partial charge in [-0.15, -0.1) is 0 Å². The van der Waals surface area contributed by atoms with Crippen LogP contribution < -0.4 is 5.73 Å². The van der Waals surface area contributed by atoms with Crippen LogP contribution in [0.5, 0.6) is 0 Å². The summed E-state index contributed by atoms with van der Waals surface area (Å²) >= 11 is 0. The van der Waals surface area contributed by atoms with E-state index in [0.29, 0.717) is 0 Å². The summed E-state index contributed by atoms with van der Waals surface area (Å²) in [7, 11) is 2.19. The van der Waals surface area contributed by atoms with E-state index in [2.05, 4.69) is 27.8 Å². The molecule has 3 heterocycles. The number of hydrogen-bond acceptors (Lipinski definition) is 3. The monoisotopic (exact) mass is 206 g/mol. The first-order valence-electron chi connectivity index (χ1n) is 5.69. The van der Waals surface area contributed by atoms with Crippen LogP contribution in [0.1, 0.15) is 18.5 Å². The molecule has 3 rings (SSSR count). The van der Waals surface area contributed by atoms with Crippen molar-refractivity contribution in [3.05, 3.63) is 18.0 Å². The molecule has 1 aromatic rings. The van der Waals surface area contributed by atoms with Crippen LogP contribution in [-0.4, -0.2) is 40.9 Å². The second-order valence-electron chi connectivity index (χ2n) is 4.96. The van der Waals surface area contributed by atoms with E-state index in [1.54, 1.807) is 0 Å². The van der Waals surface area contributed by atoms with Crippen LogP contribution in [0.4, 0.5) is 0 Å². The lowest BCUT2D eigenvalue weighted by Crippen LogP contribution is -2.49. The second-order valence-corrected chi connectivity index (χ2v) is 4.96. The maximum atomic E-state index is 6.31. The fraction of sp³-hybridized carbons (Fsp3) is 0.727. The average Bonchev–Trinajstić information content (AvgIpc) is 2.75. The highest BCUT2D eigenvalue weighted by atomic mass is 15.3. The van der Waals surface area contributed by atoms with Gasteiger partial charge in [-0.3, -0.25) is 4.68 Å². The van der Waals surface area contributed by atoms with Crippen molar-refractivity contribution < 1.29 is 0 Å². The number of fused-ring (bicyclic) bond motifs is 2. The standard InChI is InChI=1S/C11H18N4/c1-14-6-3-11(4-7-14)9(12)8-15-10(11)2-5-13-15/h2,5,9H,3-4,6-8,12H2,1H3/t9-/m1/s1. The highest BCUT2D eigenvalue weighted by Crippen LogP contribution is 2.41. The topological polar surface area (TPSA) is 47.1 Å². The van der Waals surface area contributed by atoms with E-state index in [1.165, 1.54) is 18.5 Å². The number of aromatic nitrogens is 2. The average molecular weight is 206 g/mol. The molecule has 4 heteroatoms. The minimum atomic E-state index is 0.211. The smallest absolute Gasteiger partial charge is 0.0573 e. The van der Waals surface area contributed by atoms with E-state index in [1.807, 2.05) is 6.20 Å². The Hall–Kier alpha value is -0.870. The summed E-state index contributed by atoms with van der Waals surface area (Å²) < 4.78 is 2.09. The first kappa shape index (κ1) is 9.36. The molecule has 4 nitrogen and oxygen atoms in total. The van der Waals surface area contributed by atoms with Gasteiger partial charge in [-0.1, -0.05) is 0 Å². The zero-order valence-electron chi connectivity index (χ0n) is 9.19. The number of nitrogens with two attached hydrogens (primary N) is 1. The Labute approximate surface area is 90.0 Å². The van der Waals surface area contributed by atoms with Gasteiger partial charge in [0.25, 0.3) is 0 Å². The van der Waals surface area contributed by atoms with Crippen LogP contribution in [0.15, 0.2) is 12.3 Å². The van der Waals surface area contributed by atoms with Crippen molar-refractivity contribution in [3.63, 3.8) is 0 Å². The third-order valence-electron chi connectivity index (χ3n) is 4.19. The molecule has 1 atom stereocenters. The Balaban J connectivity index is 1.97. The van der Waals surface area contributed by atoms with Crippen LogP contribution in [0.2, 0.25) is 0 Å². The van der Waals surface area contributed by atoms with E-state index in [4.69, 9.17) is 5.73 Å². The van der Waals surface area contributed by atoms with Crippen LogP contribution in [0.3, 0.4) is 0 Å². The molecular formula is C11H18N4. The fourth-order valence-corrected chi connectivity index (χ4v) is 3.10. The summed E-state index contributed by atoms with van der Waals surface area (Å²) in [6, 6.07) is 2.41. The highest BCUT2D eigenvalue weighted by Gasteiger charge is 2.47. The molecule has 1 spiro atoms. The summed E-state index contributed by atoms with van der Waals surface area (Å²) in [6.45, 7) is 3.20. The first-order valence-corrected chi connectivity index (χ1v) is 5.69. The number of piperidine rings is 1. The Morgan fingerprint density at radius 3 is 2.93 bits per heavy atom. The number of hydrogen-bond donors (Lipinski definition) is 1. The number of nitrogens with zero attached hydrogens (tertiary/aromatic N) is 3. The Kier molecular flexibility index (Phi) is 1.91. The fourth-order valence-electron chi connectivity index (χ4n) is 3.10. The molecule has 0 aliphatic carbocycles. The van der Waals surface area contributed by atoms with Crippen molar-refractivity contribution in [2.75, 3.05) is 20.1 Å².